The zero-order valence-corrected chi connectivity index (χ0v) is 28.4. The van der Waals surface area contributed by atoms with E-state index in [1.54, 1.807) is 42.2 Å². The minimum Gasteiger partial charge on any atom is -0.444 e. The van der Waals surface area contributed by atoms with Crippen LogP contribution in [0.5, 0.6) is 0 Å². The molecule has 0 radical (unpaired) electrons. The lowest BCUT2D eigenvalue weighted by molar-refractivity contribution is -0.137. The van der Waals surface area contributed by atoms with Gasteiger partial charge in [0.2, 0.25) is 5.91 Å². The van der Waals surface area contributed by atoms with Gasteiger partial charge in [-0.05, 0) is 120 Å². The van der Waals surface area contributed by atoms with E-state index in [0.29, 0.717) is 54.2 Å². The maximum Gasteiger partial charge on any atom is 0.416 e. The summed E-state index contributed by atoms with van der Waals surface area (Å²) in [5.74, 6) is 0.665. The second-order valence-corrected chi connectivity index (χ2v) is 14.3. The van der Waals surface area contributed by atoms with E-state index in [1.165, 1.54) is 23.0 Å². The Morgan fingerprint density at radius 2 is 1.68 bits per heavy atom. The predicted octanol–water partition coefficient (Wildman–Crippen LogP) is 7.39. The Kier molecular flexibility index (Phi) is 9.24. The summed E-state index contributed by atoms with van der Waals surface area (Å²) in [6.45, 7) is 8.45. The highest BCUT2D eigenvalue weighted by Crippen LogP contribution is 2.44. The van der Waals surface area contributed by atoms with Crippen LogP contribution in [-0.2, 0) is 10.9 Å². The number of amides is 1. The van der Waals surface area contributed by atoms with Crippen LogP contribution in [0.15, 0.2) is 65.6 Å². The normalized spacial score (nSPS) is 19.0. The number of alkyl halides is 3. The largest absolute Gasteiger partial charge is 0.444 e. The molecular formula is C37H39F3N6O4. The number of ether oxygens (including phenoxy) is 1. The number of halogens is 3. The molecule has 3 heterocycles. The molecule has 3 atom stereocenters. The number of likely N-dealkylation sites (tertiary alicyclic amines) is 1. The van der Waals surface area contributed by atoms with E-state index in [1.807, 2.05) is 20.8 Å². The van der Waals surface area contributed by atoms with Gasteiger partial charge in [0, 0.05) is 19.5 Å². The molecule has 0 N–H and O–H groups in total. The van der Waals surface area contributed by atoms with Gasteiger partial charge in [0.1, 0.15) is 5.60 Å². The number of hydrogen-bond acceptors (Lipinski definition) is 6. The van der Waals surface area contributed by atoms with Crippen LogP contribution in [0.1, 0.15) is 74.5 Å². The SMILES string of the molecule is Cc1c(-c2ccnn2-c2ccc(C#N)cc2)n(C(=O)CCCC2C[C@@H]3CN(C(=O)OC(C)(C)C)C[C@@H]3C2)c(=O)n1-c1cccc(C(F)(F)F)c1. The molecule has 0 bridgehead atoms. The number of rotatable bonds is 7. The standard InChI is InChI=1S/C37H39F3N6O4/c1-23-33(31-15-16-42-46(31)29-13-11-24(20-41)12-14-29)45(34(48)44(23)30-9-6-8-28(19-30)37(38,39)40)32(47)10-5-7-25-17-26-21-43(22-27(26)18-25)35(49)50-36(2,3)4/h6,8-9,11-16,19,25-27H,5,7,10,17-18,21-22H2,1-4H3/t25?,26-,27+. The van der Waals surface area contributed by atoms with Gasteiger partial charge in [-0.25, -0.2) is 18.8 Å². The molecule has 262 valence electrons. The third-order valence-electron chi connectivity index (χ3n) is 9.60. The van der Waals surface area contributed by atoms with Gasteiger partial charge in [-0.1, -0.05) is 6.07 Å². The quantitative estimate of drug-likeness (QED) is 0.200. The maximum atomic E-state index is 14.1. The molecule has 50 heavy (non-hydrogen) atoms. The second kappa shape index (κ2) is 13.3. The first-order chi connectivity index (χ1) is 23.6. The summed E-state index contributed by atoms with van der Waals surface area (Å²) in [6, 6.07) is 14.8. The Morgan fingerprint density at radius 3 is 2.30 bits per heavy atom. The zero-order chi connectivity index (χ0) is 36.0. The number of aromatic nitrogens is 4. The Balaban J connectivity index is 1.25. The van der Waals surface area contributed by atoms with Crippen molar-refractivity contribution in [1.29, 1.82) is 5.26 Å². The maximum absolute atomic E-state index is 14.1. The number of benzene rings is 2. The molecule has 13 heteroatoms. The van der Waals surface area contributed by atoms with E-state index in [0.717, 1.165) is 40.5 Å². The van der Waals surface area contributed by atoms with Crippen molar-refractivity contribution in [1.82, 2.24) is 23.8 Å². The Hall–Kier alpha value is -5.12. The highest BCUT2D eigenvalue weighted by Gasteiger charge is 2.43. The second-order valence-electron chi connectivity index (χ2n) is 14.3. The molecule has 1 saturated carbocycles. The van der Waals surface area contributed by atoms with Crippen molar-refractivity contribution >= 4 is 12.0 Å². The van der Waals surface area contributed by atoms with Crippen molar-refractivity contribution < 1.29 is 27.5 Å². The predicted molar refractivity (Wildman–Crippen MR) is 179 cm³/mol. The van der Waals surface area contributed by atoms with Crippen LogP contribution >= 0.6 is 0 Å². The minimum absolute atomic E-state index is 0.0162. The molecule has 2 fully saturated rings. The summed E-state index contributed by atoms with van der Waals surface area (Å²) in [7, 11) is 0. The van der Waals surface area contributed by atoms with Gasteiger partial charge in [-0.2, -0.15) is 23.5 Å². The lowest BCUT2D eigenvalue weighted by Crippen LogP contribution is -2.36. The summed E-state index contributed by atoms with van der Waals surface area (Å²) in [4.78, 5) is 42.4. The molecule has 2 aromatic heterocycles. The number of nitrogens with zero attached hydrogens (tertiary/aromatic N) is 6. The van der Waals surface area contributed by atoms with Gasteiger partial charge in [-0.3, -0.25) is 9.36 Å². The molecule has 0 spiro atoms. The van der Waals surface area contributed by atoms with E-state index < -0.39 is 28.9 Å². The van der Waals surface area contributed by atoms with Crippen molar-refractivity contribution in [3.8, 4) is 28.8 Å². The van der Waals surface area contributed by atoms with E-state index in [9.17, 15) is 32.8 Å². The summed E-state index contributed by atoms with van der Waals surface area (Å²) < 4.78 is 50.3. The highest BCUT2D eigenvalue weighted by molar-refractivity contribution is 5.84. The minimum atomic E-state index is -4.63. The van der Waals surface area contributed by atoms with Crippen molar-refractivity contribution in [2.24, 2.45) is 17.8 Å². The molecule has 4 aromatic rings. The number of carbonyl (C=O) groups is 2. The Morgan fingerprint density at radius 1 is 1.00 bits per heavy atom. The molecular weight excluding hydrogens is 649 g/mol. The van der Waals surface area contributed by atoms with Crippen LogP contribution in [-0.4, -0.2) is 54.5 Å². The average Bonchev–Trinajstić information content (AvgIpc) is 3.82. The van der Waals surface area contributed by atoms with Crippen LogP contribution in [0.3, 0.4) is 0 Å². The fourth-order valence-electron chi connectivity index (χ4n) is 7.42. The average molecular weight is 689 g/mol. The first-order valence-corrected chi connectivity index (χ1v) is 16.7. The molecule has 10 nitrogen and oxygen atoms in total. The van der Waals surface area contributed by atoms with Gasteiger partial charge >= 0.3 is 18.0 Å². The van der Waals surface area contributed by atoms with Crippen LogP contribution in [0, 0.1) is 36.0 Å². The molecule has 1 aliphatic carbocycles. The van der Waals surface area contributed by atoms with Crippen LogP contribution < -0.4 is 5.69 Å². The lowest BCUT2D eigenvalue weighted by atomic mass is 9.98. The smallest absolute Gasteiger partial charge is 0.416 e. The highest BCUT2D eigenvalue weighted by atomic mass is 19.4. The summed E-state index contributed by atoms with van der Waals surface area (Å²) in [5, 5.41) is 13.7. The summed E-state index contributed by atoms with van der Waals surface area (Å²) >= 11 is 0. The van der Waals surface area contributed by atoms with Gasteiger partial charge in [0.05, 0.1) is 51.8 Å². The van der Waals surface area contributed by atoms with Gasteiger partial charge in [-0.15, -0.1) is 0 Å². The number of hydrogen-bond donors (Lipinski definition) is 0. The zero-order valence-electron chi connectivity index (χ0n) is 28.4. The van der Waals surface area contributed by atoms with Crippen LogP contribution in [0.4, 0.5) is 18.0 Å². The van der Waals surface area contributed by atoms with Gasteiger partial charge in [0.25, 0.3) is 0 Å². The molecule has 1 unspecified atom stereocenters. The topological polar surface area (TPSA) is 115 Å². The first kappa shape index (κ1) is 34.7. The van der Waals surface area contributed by atoms with Crippen molar-refractivity contribution in [2.45, 2.75) is 71.6 Å². The number of imidazole rings is 1. The van der Waals surface area contributed by atoms with E-state index in [4.69, 9.17) is 4.74 Å². The van der Waals surface area contributed by atoms with Crippen LogP contribution in [0.25, 0.3) is 22.8 Å². The molecule has 1 saturated heterocycles. The molecule has 6 rings (SSSR count). The Labute approximate surface area is 287 Å². The van der Waals surface area contributed by atoms with Crippen molar-refractivity contribution in [3.05, 3.63) is 88.1 Å². The van der Waals surface area contributed by atoms with Crippen molar-refractivity contribution in [3.63, 3.8) is 0 Å². The third-order valence-corrected chi connectivity index (χ3v) is 9.60. The first-order valence-electron chi connectivity index (χ1n) is 16.7. The fourth-order valence-corrected chi connectivity index (χ4v) is 7.42. The molecule has 1 amide bonds. The van der Waals surface area contributed by atoms with E-state index in [-0.39, 0.29) is 29.6 Å². The number of nitriles is 1. The summed E-state index contributed by atoms with van der Waals surface area (Å²) in [6.07, 6.45) is -0.178. The third kappa shape index (κ3) is 6.97. The van der Waals surface area contributed by atoms with Crippen LogP contribution in [0.2, 0.25) is 0 Å². The molecule has 2 aromatic carbocycles. The molecule has 2 aliphatic rings. The monoisotopic (exact) mass is 688 g/mol. The Bertz CT molecular complexity index is 2000. The van der Waals surface area contributed by atoms with Gasteiger partial charge in [0.15, 0.2) is 0 Å². The van der Waals surface area contributed by atoms with Crippen molar-refractivity contribution in [2.75, 3.05) is 13.1 Å². The van der Waals surface area contributed by atoms with E-state index in [2.05, 4.69) is 11.2 Å². The summed E-state index contributed by atoms with van der Waals surface area (Å²) in [5.41, 5.74) is -0.368. The number of carbonyl (C=O) groups excluding carboxylic acids is 2. The van der Waals surface area contributed by atoms with E-state index >= 15 is 0 Å². The molecule has 1 aliphatic heterocycles. The lowest BCUT2D eigenvalue weighted by Gasteiger charge is -2.25. The number of fused-ring (bicyclic) bond motifs is 1. The van der Waals surface area contributed by atoms with Gasteiger partial charge < -0.3 is 9.64 Å². The fraction of sp³-hybridized carbons (Fsp3) is 0.432.